The number of benzene rings is 1. The molecular weight excluding hydrogens is 291 g/mol. The number of hydrogen-bond acceptors (Lipinski definition) is 5. The van der Waals surface area contributed by atoms with Crippen LogP contribution in [0.25, 0.3) is 5.69 Å². The molecule has 2 aromatic rings. The molecule has 0 radical (unpaired) electrons. The maximum absolute atomic E-state index is 12.4. The second-order valence-electron chi connectivity index (χ2n) is 4.36. The van der Waals surface area contributed by atoms with Crippen LogP contribution in [-0.2, 0) is 6.42 Å². The third-order valence-electron chi connectivity index (χ3n) is 3.08. The highest BCUT2D eigenvalue weighted by Crippen LogP contribution is 2.28. The van der Waals surface area contributed by atoms with Gasteiger partial charge in [0, 0.05) is 36.5 Å². The van der Waals surface area contributed by atoms with Crippen molar-refractivity contribution in [3.05, 3.63) is 57.7 Å². The van der Waals surface area contributed by atoms with Crippen LogP contribution in [0.2, 0.25) is 0 Å². The number of aromatic nitrogens is 1. The topological polar surface area (TPSA) is 77.8 Å². The van der Waals surface area contributed by atoms with E-state index in [1.165, 1.54) is 11.7 Å². The van der Waals surface area contributed by atoms with Gasteiger partial charge in [-0.05, 0) is 18.2 Å². The van der Waals surface area contributed by atoms with Gasteiger partial charge in [0.05, 0.1) is 12.8 Å². The molecule has 0 aliphatic heterocycles. The maximum atomic E-state index is 12.4. The molecule has 1 unspecified atom stereocenters. The van der Waals surface area contributed by atoms with Gasteiger partial charge in [0.15, 0.2) is 0 Å². The number of rotatable bonds is 5. The smallest absolute Gasteiger partial charge is 0.258 e. The summed E-state index contributed by atoms with van der Waals surface area (Å²) in [6.45, 7) is -0.0898. The molecule has 1 atom stereocenters. The fourth-order valence-electron chi connectivity index (χ4n) is 2.04. The molecule has 0 spiro atoms. The highest BCUT2D eigenvalue weighted by Gasteiger charge is 2.10. The van der Waals surface area contributed by atoms with E-state index in [-0.39, 0.29) is 12.2 Å². The lowest BCUT2D eigenvalue weighted by Gasteiger charge is -2.25. The number of nitrogens with zero attached hydrogens (tertiary/aromatic N) is 2. The molecule has 0 fully saturated rings. The fraction of sp³-hybridized carbons (Fsp3) is 0.214. The predicted molar refractivity (Wildman–Crippen MR) is 84.9 cm³/mol. The first kappa shape index (κ1) is 15.5. The summed E-state index contributed by atoms with van der Waals surface area (Å²) < 4.78 is 6.70. The van der Waals surface area contributed by atoms with E-state index >= 15 is 0 Å². The molecular formula is C14H16N2O4P-. The van der Waals surface area contributed by atoms with Gasteiger partial charge in [-0.1, -0.05) is 15.5 Å². The summed E-state index contributed by atoms with van der Waals surface area (Å²) in [5.74, 6) is 0.416. The van der Waals surface area contributed by atoms with Crippen molar-refractivity contribution in [1.82, 2.24) is 4.57 Å². The lowest BCUT2D eigenvalue weighted by Crippen LogP contribution is -2.22. The second-order valence-corrected chi connectivity index (χ2v) is 4.83. The van der Waals surface area contributed by atoms with Crippen molar-refractivity contribution in [2.45, 2.75) is 6.42 Å². The van der Waals surface area contributed by atoms with Crippen molar-refractivity contribution < 1.29 is 9.84 Å². The van der Waals surface area contributed by atoms with Crippen LogP contribution in [0.3, 0.4) is 0 Å². The van der Waals surface area contributed by atoms with Gasteiger partial charge in [0.25, 0.3) is 5.56 Å². The van der Waals surface area contributed by atoms with Crippen LogP contribution in [0.4, 0.5) is 5.69 Å². The molecule has 21 heavy (non-hydrogen) atoms. The summed E-state index contributed by atoms with van der Waals surface area (Å²) in [4.78, 5) is 13.0. The molecule has 2 rings (SSSR count). The Morgan fingerprint density at radius 3 is 2.81 bits per heavy atom. The van der Waals surface area contributed by atoms with E-state index in [1.54, 1.807) is 36.5 Å². The standard InChI is InChI=1S/C14H16N2O4P/c1-20-13-9-11(16(19)21)4-5-12(13)15-7-2-3-10(6-8-17)14(15)18/h2-5,7,9,17H,6,8,21H2,1H3/q-1. The molecule has 1 N–H and O–H groups in total. The van der Waals surface area contributed by atoms with Gasteiger partial charge in [-0.25, -0.2) is 0 Å². The van der Waals surface area contributed by atoms with E-state index in [0.29, 0.717) is 33.9 Å². The molecule has 0 saturated heterocycles. The minimum Gasteiger partial charge on any atom is -0.755 e. The molecule has 1 aromatic heterocycles. The second kappa shape index (κ2) is 6.72. The van der Waals surface area contributed by atoms with Gasteiger partial charge in [-0.2, -0.15) is 0 Å². The molecule has 112 valence electrons. The van der Waals surface area contributed by atoms with Crippen molar-refractivity contribution >= 4 is 15.1 Å². The lowest BCUT2D eigenvalue weighted by molar-refractivity contribution is 0.299. The summed E-state index contributed by atoms with van der Waals surface area (Å²) >= 11 is 0. The number of methoxy groups -OCH3 is 1. The molecule has 0 aliphatic carbocycles. The summed E-state index contributed by atoms with van der Waals surface area (Å²) in [5.41, 5.74) is 1.24. The van der Waals surface area contributed by atoms with E-state index in [0.717, 1.165) is 0 Å². The highest BCUT2D eigenvalue weighted by atomic mass is 31.0. The monoisotopic (exact) mass is 307 g/mol. The number of aliphatic hydroxyl groups excluding tert-OH is 1. The Bertz CT molecular complexity index is 685. The summed E-state index contributed by atoms with van der Waals surface area (Å²) in [5, 5.41) is 20.3. The highest BCUT2D eigenvalue weighted by molar-refractivity contribution is 7.19. The molecule has 0 amide bonds. The normalized spacial score (nSPS) is 10.5. The average molecular weight is 307 g/mol. The van der Waals surface area contributed by atoms with Crippen LogP contribution in [0.1, 0.15) is 5.56 Å². The van der Waals surface area contributed by atoms with Gasteiger partial charge >= 0.3 is 0 Å². The first-order chi connectivity index (χ1) is 10.1. The van der Waals surface area contributed by atoms with Crippen LogP contribution < -0.4 is 15.1 Å². The van der Waals surface area contributed by atoms with E-state index in [9.17, 15) is 10.0 Å². The maximum Gasteiger partial charge on any atom is 0.258 e. The zero-order valence-corrected chi connectivity index (χ0v) is 12.7. The lowest BCUT2D eigenvalue weighted by atomic mass is 10.2. The van der Waals surface area contributed by atoms with Gasteiger partial charge in [-0.3, -0.25) is 9.36 Å². The first-order valence-corrected chi connectivity index (χ1v) is 6.82. The summed E-state index contributed by atoms with van der Waals surface area (Å²) in [6.07, 6.45) is 1.91. The molecule has 0 aliphatic rings. The van der Waals surface area contributed by atoms with Crippen LogP contribution in [0.15, 0.2) is 41.3 Å². The van der Waals surface area contributed by atoms with Crippen LogP contribution in [0.5, 0.6) is 5.75 Å². The van der Waals surface area contributed by atoms with E-state index in [4.69, 9.17) is 9.84 Å². The van der Waals surface area contributed by atoms with E-state index in [1.807, 2.05) is 9.39 Å². The Hall–Kier alpha value is -1.88. The third-order valence-corrected chi connectivity index (χ3v) is 3.38. The number of ether oxygens (including phenoxy) is 1. The number of hydrogen-bond donors (Lipinski definition) is 1. The predicted octanol–water partition coefficient (Wildman–Crippen LogP) is 1.48. The Balaban J connectivity index is 2.56. The quantitative estimate of drug-likeness (QED) is 0.668. The van der Waals surface area contributed by atoms with Gasteiger partial charge in [-0.15, -0.1) is 0 Å². The SMILES string of the molecule is COc1cc(N([O-])P)ccc1-n1cccc(CCO)c1=O. The first-order valence-electron chi connectivity index (χ1n) is 6.30. The van der Waals surface area contributed by atoms with Gasteiger partial charge in [0.1, 0.15) is 5.75 Å². The Labute approximate surface area is 124 Å². The molecule has 7 heteroatoms. The van der Waals surface area contributed by atoms with E-state index in [2.05, 4.69) is 0 Å². The number of aliphatic hydroxyl groups is 1. The van der Waals surface area contributed by atoms with Crippen molar-refractivity contribution in [2.24, 2.45) is 0 Å². The molecule has 6 nitrogen and oxygen atoms in total. The van der Waals surface area contributed by atoms with Gasteiger partial charge in [0.2, 0.25) is 0 Å². The molecule has 1 aromatic carbocycles. The minimum atomic E-state index is -0.220. The zero-order valence-electron chi connectivity index (χ0n) is 11.5. The van der Waals surface area contributed by atoms with Crippen molar-refractivity contribution in [3.63, 3.8) is 0 Å². The Morgan fingerprint density at radius 2 is 2.19 bits per heavy atom. The third kappa shape index (κ3) is 3.24. The summed E-state index contributed by atoms with van der Waals surface area (Å²) in [7, 11) is 3.49. The summed E-state index contributed by atoms with van der Waals surface area (Å²) in [6, 6.07) is 8.21. The van der Waals surface area contributed by atoms with Crippen molar-refractivity contribution in [2.75, 3.05) is 18.6 Å². The largest absolute Gasteiger partial charge is 0.755 e. The molecule has 0 bridgehead atoms. The van der Waals surface area contributed by atoms with Crippen LogP contribution in [-0.4, -0.2) is 23.4 Å². The van der Waals surface area contributed by atoms with Crippen LogP contribution >= 0.6 is 9.39 Å². The number of pyridine rings is 1. The number of anilines is 1. The fourth-order valence-corrected chi connectivity index (χ4v) is 2.20. The molecule has 0 saturated carbocycles. The average Bonchev–Trinajstić information content (AvgIpc) is 2.49. The van der Waals surface area contributed by atoms with Gasteiger partial charge < -0.3 is 19.9 Å². The van der Waals surface area contributed by atoms with Crippen molar-refractivity contribution in [1.29, 1.82) is 0 Å². The van der Waals surface area contributed by atoms with Crippen LogP contribution in [0, 0.1) is 5.21 Å². The van der Waals surface area contributed by atoms with E-state index < -0.39 is 0 Å². The minimum absolute atomic E-state index is 0.0898. The Kier molecular flexibility index (Phi) is 4.96. The molecule has 1 heterocycles. The zero-order chi connectivity index (χ0) is 15.4. The Morgan fingerprint density at radius 1 is 1.43 bits per heavy atom. The van der Waals surface area contributed by atoms with Crippen molar-refractivity contribution in [3.8, 4) is 11.4 Å².